The summed E-state index contributed by atoms with van der Waals surface area (Å²) >= 11 is 0. The fourth-order valence-corrected chi connectivity index (χ4v) is 1.50. The maximum atomic E-state index is 13.7. The van der Waals surface area contributed by atoms with Crippen molar-refractivity contribution in [2.75, 3.05) is 12.8 Å². The maximum Gasteiger partial charge on any atom is 0.253 e. The van der Waals surface area contributed by atoms with Crippen molar-refractivity contribution in [3.63, 3.8) is 0 Å². The molecule has 5 nitrogen and oxygen atoms in total. The number of amides is 1. The van der Waals surface area contributed by atoms with Crippen LogP contribution in [-0.4, -0.2) is 22.9 Å². The third-order valence-electron chi connectivity index (χ3n) is 2.45. The number of benzene rings is 1. The minimum Gasteiger partial charge on any atom is -0.368 e. The molecule has 92 valence electrons. The molecule has 0 aliphatic heterocycles. The average molecular weight is 246 g/mol. The summed E-state index contributed by atoms with van der Waals surface area (Å²) in [5.41, 5.74) is 6.58. The van der Waals surface area contributed by atoms with Gasteiger partial charge in [-0.1, -0.05) is 6.07 Å². The zero-order chi connectivity index (χ0) is 13.1. The third kappa shape index (κ3) is 2.27. The summed E-state index contributed by atoms with van der Waals surface area (Å²) < 4.78 is 13.7. The van der Waals surface area contributed by atoms with Crippen molar-refractivity contribution in [1.82, 2.24) is 15.3 Å². The topological polar surface area (TPSA) is 80.9 Å². The van der Waals surface area contributed by atoms with Crippen molar-refractivity contribution in [3.8, 4) is 11.1 Å². The van der Waals surface area contributed by atoms with Crippen LogP contribution >= 0.6 is 0 Å². The van der Waals surface area contributed by atoms with Gasteiger partial charge in [-0.05, 0) is 17.7 Å². The van der Waals surface area contributed by atoms with E-state index in [0.29, 0.717) is 11.1 Å². The van der Waals surface area contributed by atoms with E-state index in [1.54, 1.807) is 6.07 Å². The highest BCUT2D eigenvalue weighted by Crippen LogP contribution is 2.20. The molecule has 1 aromatic heterocycles. The minimum atomic E-state index is -0.594. The molecule has 0 radical (unpaired) electrons. The number of anilines is 1. The van der Waals surface area contributed by atoms with Crippen molar-refractivity contribution < 1.29 is 9.18 Å². The summed E-state index contributed by atoms with van der Waals surface area (Å²) in [5, 5.41) is 2.37. The van der Waals surface area contributed by atoms with Crippen molar-refractivity contribution >= 4 is 11.9 Å². The van der Waals surface area contributed by atoms with Gasteiger partial charge in [0.15, 0.2) is 0 Å². The molecule has 1 aromatic carbocycles. The molecular weight excluding hydrogens is 235 g/mol. The summed E-state index contributed by atoms with van der Waals surface area (Å²) in [7, 11) is 1.45. The first-order valence-corrected chi connectivity index (χ1v) is 5.21. The highest BCUT2D eigenvalue weighted by atomic mass is 19.1. The number of hydrogen-bond acceptors (Lipinski definition) is 4. The lowest BCUT2D eigenvalue weighted by atomic mass is 10.1. The van der Waals surface area contributed by atoms with E-state index >= 15 is 0 Å². The summed E-state index contributed by atoms with van der Waals surface area (Å²) in [6, 6.07) is 4.31. The van der Waals surface area contributed by atoms with E-state index in [0.717, 1.165) is 0 Å². The van der Waals surface area contributed by atoms with Gasteiger partial charge in [-0.15, -0.1) is 0 Å². The molecule has 6 heteroatoms. The summed E-state index contributed by atoms with van der Waals surface area (Å²) in [5.74, 6) is -0.905. The molecule has 0 bridgehead atoms. The van der Waals surface area contributed by atoms with Crippen LogP contribution in [0.25, 0.3) is 11.1 Å². The highest BCUT2D eigenvalue weighted by Gasteiger charge is 2.11. The van der Waals surface area contributed by atoms with Gasteiger partial charge in [-0.3, -0.25) is 4.79 Å². The normalized spacial score (nSPS) is 10.1. The summed E-state index contributed by atoms with van der Waals surface area (Å²) in [6.07, 6.45) is 2.99. The van der Waals surface area contributed by atoms with Gasteiger partial charge in [0.2, 0.25) is 5.95 Å². The molecular formula is C12H11FN4O. The molecule has 2 aromatic rings. The van der Waals surface area contributed by atoms with Crippen molar-refractivity contribution in [1.29, 1.82) is 0 Å². The number of nitrogen functional groups attached to an aromatic ring is 1. The first-order chi connectivity index (χ1) is 8.61. The molecule has 0 atom stereocenters. The molecule has 0 aliphatic rings. The standard InChI is InChI=1S/C12H11FN4O/c1-15-11(18)9-3-2-7(4-10(9)13)8-5-16-12(14)17-6-8/h2-6H,1H3,(H,15,18)(H2,14,16,17). The number of nitrogens with two attached hydrogens (primary N) is 1. The lowest BCUT2D eigenvalue weighted by molar-refractivity contribution is 0.0959. The van der Waals surface area contributed by atoms with Gasteiger partial charge in [0.25, 0.3) is 5.91 Å². The monoisotopic (exact) mass is 246 g/mol. The van der Waals surface area contributed by atoms with E-state index < -0.39 is 11.7 Å². The molecule has 3 N–H and O–H groups in total. The number of aromatic nitrogens is 2. The Morgan fingerprint density at radius 1 is 1.28 bits per heavy atom. The van der Waals surface area contributed by atoms with Crippen molar-refractivity contribution in [2.45, 2.75) is 0 Å². The maximum absolute atomic E-state index is 13.7. The molecule has 0 saturated heterocycles. The van der Waals surface area contributed by atoms with Crippen LogP contribution < -0.4 is 11.1 Å². The predicted octanol–water partition coefficient (Wildman–Crippen LogP) is 1.22. The van der Waals surface area contributed by atoms with Crippen LogP contribution in [0.15, 0.2) is 30.6 Å². The minimum absolute atomic E-state index is 0.00221. The quantitative estimate of drug-likeness (QED) is 0.835. The molecule has 0 spiro atoms. The van der Waals surface area contributed by atoms with E-state index in [1.807, 2.05) is 0 Å². The van der Waals surface area contributed by atoms with Crippen molar-refractivity contribution in [2.24, 2.45) is 0 Å². The van der Waals surface area contributed by atoms with Gasteiger partial charge >= 0.3 is 0 Å². The number of rotatable bonds is 2. The molecule has 2 rings (SSSR count). The van der Waals surface area contributed by atoms with Gasteiger partial charge in [-0.25, -0.2) is 14.4 Å². The SMILES string of the molecule is CNC(=O)c1ccc(-c2cnc(N)nc2)cc1F. The molecule has 0 aliphatic carbocycles. The number of carbonyl (C=O) groups excluding carboxylic acids is 1. The van der Waals surface area contributed by atoms with E-state index in [9.17, 15) is 9.18 Å². The van der Waals surface area contributed by atoms with E-state index in [2.05, 4.69) is 15.3 Å². The van der Waals surface area contributed by atoms with Crippen molar-refractivity contribution in [3.05, 3.63) is 42.0 Å². The van der Waals surface area contributed by atoms with Crippen LogP contribution in [0, 0.1) is 5.82 Å². The number of halogens is 1. The second kappa shape index (κ2) is 4.79. The zero-order valence-corrected chi connectivity index (χ0v) is 9.64. The zero-order valence-electron chi connectivity index (χ0n) is 9.64. The van der Waals surface area contributed by atoms with Gasteiger partial charge < -0.3 is 11.1 Å². The Labute approximate surface area is 103 Å². The van der Waals surface area contributed by atoms with Gasteiger partial charge in [0.05, 0.1) is 5.56 Å². The first-order valence-electron chi connectivity index (χ1n) is 5.21. The lowest BCUT2D eigenvalue weighted by Gasteiger charge is -2.05. The fraction of sp³-hybridized carbons (Fsp3) is 0.0833. The Morgan fingerprint density at radius 3 is 2.50 bits per heavy atom. The molecule has 1 amide bonds. The highest BCUT2D eigenvalue weighted by molar-refractivity contribution is 5.94. The third-order valence-corrected chi connectivity index (χ3v) is 2.45. The summed E-state index contributed by atoms with van der Waals surface area (Å²) in [6.45, 7) is 0. The van der Waals surface area contributed by atoms with Crippen LogP contribution in [0.5, 0.6) is 0 Å². The summed E-state index contributed by atoms with van der Waals surface area (Å²) in [4.78, 5) is 19.0. The van der Waals surface area contributed by atoms with Crippen LogP contribution in [0.1, 0.15) is 10.4 Å². The largest absolute Gasteiger partial charge is 0.368 e. The number of carbonyl (C=O) groups is 1. The van der Waals surface area contributed by atoms with Crippen LogP contribution in [-0.2, 0) is 0 Å². The molecule has 0 saturated carbocycles. The van der Waals surface area contributed by atoms with Gasteiger partial charge in [0, 0.05) is 25.0 Å². The second-order valence-corrected chi connectivity index (χ2v) is 3.60. The van der Waals surface area contributed by atoms with Crippen LogP contribution in [0.2, 0.25) is 0 Å². The fourth-order valence-electron chi connectivity index (χ4n) is 1.50. The second-order valence-electron chi connectivity index (χ2n) is 3.60. The van der Waals surface area contributed by atoms with E-state index in [1.165, 1.54) is 31.6 Å². The number of hydrogen-bond donors (Lipinski definition) is 2. The van der Waals surface area contributed by atoms with E-state index in [-0.39, 0.29) is 11.5 Å². The Morgan fingerprint density at radius 2 is 1.94 bits per heavy atom. The van der Waals surface area contributed by atoms with E-state index in [4.69, 9.17) is 5.73 Å². The number of nitrogens with one attached hydrogen (secondary N) is 1. The lowest BCUT2D eigenvalue weighted by Crippen LogP contribution is -2.19. The van der Waals surface area contributed by atoms with Gasteiger partial charge in [0.1, 0.15) is 5.82 Å². The Hall–Kier alpha value is -2.50. The number of nitrogens with zero attached hydrogens (tertiary/aromatic N) is 2. The van der Waals surface area contributed by atoms with Crippen LogP contribution in [0.4, 0.5) is 10.3 Å². The molecule has 1 heterocycles. The predicted molar refractivity (Wildman–Crippen MR) is 65.2 cm³/mol. The average Bonchev–Trinajstić information content (AvgIpc) is 2.38. The Kier molecular flexibility index (Phi) is 3.18. The van der Waals surface area contributed by atoms with Gasteiger partial charge in [-0.2, -0.15) is 0 Å². The molecule has 18 heavy (non-hydrogen) atoms. The molecule has 0 unspecified atom stereocenters. The Bertz CT molecular complexity index is 583. The first kappa shape index (κ1) is 12.0. The van der Waals surface area contributed by atoms with Crippen LogP contribution in [0.3, 0.4) is 0 Å². The Balaban J connectivity index is 2.40. The smallest absolute Gasteiger partial charge is 0.253 e. The molecule has 0 fully saturated rings.